The number of nitrogens with zero attached hydrogens (tertiary/aromatic N) is 4. The van der Waals surface area contributed by atoms with Crippen LogP contribution in [0.25, 0.3) is 67.2 Å². The minimum atomic E-state index is 0.672. The van der Waals surface area contributed by atoms with E-state index in [4.69, 9.17) is 15.0 Å². The molecule has 4 heteroatoms. The normalized spacial score (nSPS) is 12.7. The van der Waals surface area contributed by atoms with Gasteiger partial charge in [-0.25, -0.2) is 15.0 Å². The third-order valence-electron chi connectivity index (χ3n) is 8.07. The highest BCUT2D eigenvalue weighted by Crippen LogP contribution is 2.33. The van der Waals surface area contributed by atoms with E-state index < -0.39 is 0 Å². The predicted molar refractivity (Wildman–Crippen MR) is 172 cm³/mol. The van der Waals surface area contributed by atoms with Gasteiger partial charge in [-0.05, 0) is 64.1 Å². The summed E-state index contributed by atoms with van der Waals surface area (Å²) in [7, 11) is 0. The van der Waals surface area contributed by atoms with E-state index in [1.54, 1.807) is 0 Å². The van der Waals surface area contributed by atoms with Crippen molar-refractivity contribution in [2.24, 2.45) is 0 Å². The lowest BCUT2D eigenvalue weighted by Crippen LogP contribution is -2.06. The first-order chi connectivity index (χ1) is 20.8. The number of rotatable bonds is 4. The first-order valence-corrected chi connectivity index (χ1v) is 14.3. The van der Waals surface area contributed by atoms with E-state index in [0.29, 0.717) is 11.6 Å². The summed E-state index contributed by atoms with van der Waals surface area (Å²) in [5.74, 6) is 2.09. The fraction of sp³-hybridized carbons (Fsp3) is 0.0526. The lowest BCUT2D eigenvalue weighted by molar-refractivity contribution is 0.956. The van der Waals surface area contributed by atoms with Crippen molar-refractivity contribution in [2.45, 2.75) is 12.8 Å². The van der Waals surface area contributed by atoms with Crippen LogP contribution in [0.15, 0.2) is 128 Å². The van der Waals surface area contributed by atoms with Gasteiger partial charge in [0.1, 0.15) is 0 Å². The van der Waals surface area contributed by atoms with E-state index in [1.165, 1.54) is 16.5 Å². The summed E-state index contributed by atoms with van der Waals surface area (Å²) in [6.45, 7) is 0. The summed E-state index contributed by atoms with van der Waals surface area (Å²) in [6, 6.07) is 42.2. The Labute approximate surface area is 244 Å². The first-order valence-electron chi connectivity index (χ1n) is 14.3. The molecule has 0 spiro atoms. The molecule has 5 aromatic carbocycles. The molecule has 0 fully saturated rings. The van der Waals surface area contributed by atoms with Gasteiger partial charge in [0.15, 0.2) is 17.5 Å². The number of benzene rings is 5. The van der Waals surface area contributed by atoms with Crippen LogP contribution in [-0.2, 0) is 6.42 Å². The van der Waals surface area contributed by atoms with Crippen molar-refractivity contribution in [2.75, 3.05) is 0 Å². The SMILES string of the molecule is C1=C(c2nc(-c3ccc(-c4cccc5cccnc45)cc3)nc(-c3ccc4ccccc4c3)n2)CCc2ccccc21. The smallest absolute Gasteiger partial charge is 0.164 e. The molecule has 2 aromatic heterocycles. The Hall–Kier alpha value is -5.48. The van der Waals surface area contributed by atoms with E-state index in [-0.39, 0.29) is 0 Å². The highest BCUT2D eigenvalue weighted by atomic mass is 15.0. The van der Waals surface area contributed by atoms with Gasteiger partial charge < -0.3 is 0 Å². The van der Waals surface area contributed by atoms with Crippen LogP contribution in [0, 0.1) is 0 Å². The van der Waals surface area contributed by atoms with Crippen LogP contribution in [-0.4, -0.2) is 19.9 Å². The van der Waals surface area contributed by atoms with Crippen LogP contribution < -0.4 is 0 Å². The number of hydrogen-bond acceptors (Lipinski definition) is 4. The van der Waals surface area contributed by atoms with Crippen molar-refractivity contribution < 1.29 is 0 Å². The van der Waals surface area contributed by atoms with E-state index in [2.05, 4.69) is 126 Å². The van der Waals surface area contributed by atoms with Crippen molar-refractivity contribution >= 4 is 33.3 Å². The molecule has 0 saturated carbocycles. The number of hydrogen-bond donors (Lipinski definition) is 0. The molecule has 0 atom stereocenters. The van der Waals surface area contributed by atoms with Crippen molar-refractivity contribution in [3.8, 4) is 33.9 Å². The quantitative estimate of drug-likeness (QED) is 0.224. The molecule has 0 radical (unpaired) electrons. The van der Waals surface area contributed by atoms with Crippen LogP contribution in [0.5, 0.6) is 0 Å². The van der Waals surface area contributed by atoms with Gasteiger partial charge in [0, 0.05) is 28.3 Å². The number of aromatic nitrogens is 4. The Morgan fingerprint density at radius 1 is 0.476 bits per heavy atom. The molecule has 0 amide bonds. The van der Waals surface area contributed by atoms with E-state index >= 15 is 0 Å². The van der Waals surface area contributed by atoms with Crippen molar-refractivity contribution in [3.05, 3.63) is 144 Å². The summed E-state index contributed by atoms with van der Waals surface area (Å²) in [5, 5.41) is 3.49. The molecule has 42 heavy (non-hydrogen) atoms. The first kappa shape index (κ1) is 24.3. The van der Waals surface area contributed by atoms with Gasteiger partial charge in [-0.15, -0.1) is 0 Å². The summed E-state index contributed by atoms with van der Waals surface area (Å²) in [4.78, 5) is 19.7. The lowest BCUT2D eigenvalue weighted by Gasteiger charge is -2.16. The lowest BCUT2D eigenvalue weighted by atomic mass is 9.92. The van der Waals surface area contributed by atoms with E-state index in [0.717, 1.165) is 62.8 Å². The zero-order valence-electron chi connectivity index (χ0n) is 22.9. The number of para-hydroxylation sites is 1. The van der Waals surface area contributed by atoms with Crippen molar-refractivity contribution in [1.29, 1.82) is 0 Å². The fourth-order valence-corrected chi connectivity index (χ4v) is 5.85. The fourth-order valence-electron chi connectivity index (χ4n) is 5.85. The highest BCUT2D eigenvalue weighted by Gasteiger charge is 2.18. The summed E-state index contributed by atoms with van der Waals surface area (Å²) < 4.78 is 0. The highest BCUT2D eigenvalue weighted by molar-refractivity contribution is 5.94. The molecule has 198 valence electrons. The third-order valence-corrected chi connectivity index (χ3v) is 8.07. The third kappa shape index (κ3) is 4.43. The number of allylic oxidation sites excluding steroid dienone is 1. The monoisotopic (exact) mass is 538 g/mol. The molecule has 0 bridgehead atoms. The summed E-state index contributed by atoms with van der Waals surface area (Å²) in [5.41, 5.74) is 8.89. The Bertz CT molecular complexity index is 2140. The molecule has 0 saturated heterocycles. The van der Waals surface area contributed by atoms with Gasteiger partial charge in [-0.3, -0.25) is 4.98 Å². The van der Waals surface area contributed by atoms with E-state index in [1.807, 2.05) is 12.3 Å². The van der Waals surface area contributed by atoms with E-state index in [9.17, 15) is 0 Å². The van der Waals surface area contributed by atoms with Gasteiger partial charge >= 0.3 is 0 Å². The Kier molecular flexibility index (Phi) is 5.89. The maximum Gasteiger partial charge on any atom is 0.164 e. The zero-order valence-corrected chi connectivity index (χ0v) is 22.9. The second-order valence-electron chi connectivity index (χ2n) is 10.7. The molecule has 8 rings (SSSR count). The Morgan fingerprint density at radius 3 is 2.07 bits per heavy atom. The maximum absolute atomic E-state index is 5.04. The molecule has 0 N–H and O–H groups in total. The van der Waals surface area contributed by atoms with Crippen molar-refractivity contribution in [3.63, 3.8) is 0 Å². The van der Waals surface area contributed by atoms with Gasteiger partial charge in [0.25, 0.3) is 0 Å². The van der Waals surface area contributed by atoms with Gasteiger partial charge in [-0.2, -0.15) is 0 Å². The standard InChI is InChI=1S/C38H26N4/c1-3-9-30-23-32(20-14-25(30)7-1)37-40-36(41-38(42-37)33-21-15-26-8-2-4-10-31(26)24-33)29-18-16-27(17-19-29)34-13-5-11-28-12-6-22-39-35(28)34/h1-14,16-20,22-24H,15,21H2. The van der Waals surface area contributed by atoms with Crippen LogP contribution >= 0.6 is 0 Å². The number of aryl methyl sites for hydroxylation is 1. The molecule has 4 nitrogen and oxygen atoms in total. The second kappa shape index (κ2) is 10.2. The van der Waals surface area contributed by atoms with Crippen LogP contribution in [0.1, 0.15) is 23.4 Å². The molecule has 1 aliphatic carbocycles. The molecular weight excluding hydrogens is 512 g/mol. The van der Waals surface area contributed by atoms with Crippen LogP contribution in [0.4, 0.5) is 0 Å². The van der Waals surface area contributed by atoms with Gasteiger partial charge in [0.2, 0.25) is 0 Å². The van der Waals surface area contributed by atoms with Crippen LogP contribution in [0.3, 0.4) is 0 Å². The average Bonchev–Trinajstić information content (AvgIpc) is 3.07. The molecule has 1 aliphatic rings. The Morgan fingerprint density at radius 2 is 1.17 bits per heavy atom. The molecule has 7 aromatic rings. The zero-order chi connectivity index (χ0) is 27.9. The minimum absolute atomic E-state index is 0.672. The largest absolute Gasteiger partial charge is 0.256 e. The summed E-state index contributed by atoms with van der Waals surface area (Å²) >= 11 is 0. The minimum Gasteiger partial charge on any atom is -0.256 e. The average molecular weight is 539 g/mol. The summed E-state index contributed by atoms with van der Waals surface area (Å²) in [6.07, 6.45) is 5.95. The molecule has 0 unspecified atom stereocenters. The maximum atomic E-state index is 5.04. The predicted octanol–water partition coefficient (Wildman–Crippen LogP) is 9.06. The van der Waals surface area contributed by atoms with Crippen LogP contribution in [0.2, 0.25) is 0 Å². The molecular formula is C38H26N4. The van der Waals surface area contributed by atoms with Gasteiger partial charge in [-0.1, -0.05) is 109 Å². The Balaban J connectivity index is 1.25. The van der Waals surface area contributed by atoms with Gasteiger partial charge in [0.05, 0.1) is 5.52 Å². The molecule has 0 aliphatic heterocycles. The number of pyridine rings is 1. The topological polar surface area (TPSA) is 51.6 Å². The molecule has 2 heterocycles. The van der Waals surface area contributed by atoms with Crippen molar-refractivity contribution in [1.82, 2.24) is 19.9 Å². The second-order valence-corrected chi connectivity index (χ2v) is 10.7. The number of fused-ring (bicyclic) bond motifs is 3.